The number of hydrogen-bond donors (Lipinski definition) is 1. The van der Waals surface area contributed by atoms with Gasteiger partial charge in [0.2, 0.25) is 0 Å². The van der Waals surface area contributed by atoms with Gasteiger partial charge in [0, 0.05) is 37.2 Å². The fourth-order valence-electron chi connectivity index (χ4n) is 3.73. The van der Waals surface area contributed by atoms with Crippen LogP contribution in [0.3, 0.4) is 0 Å². The zero-order chi connectivity index (χ0) is 20.9. The summed E-state index contributed by atoms with van der Waals surface area (Å²) < 4.78 is 5.50. The number of nitriles is 1. The minimum absolute atomic E-state index is 0.0574. The van der Waals surface area contributed by atoms with E-state index in [2.05, 4.69) is 33.4 Å². The Labute approximate surface area is 173 Å². The van der Waals surface area contributed by atoms with E-state index in [9.17, 15) is 15.4 Å². The lowest BCUT2D eigenvalue weighted by atomic mass is 10.0. The minimum Gasteiger partial charge on any atom is -0.379 e. The highest BCUT2D eigenvalue weighted by molar-refractivity contribution is 5.88. The molecular weight excluding hydrogens is 382 g/mol. The highest BCUT2D eigenvalue weighted by atomic mass is 16.6. The molecule has 1 atom stereocenters. The molecule has 1 aliphatic heterocycles. The lowest BCUT2D eigenvalue weighted by molar-refractivity contribution is -0.384. The van der Waals surface area contributed by atoms with Crippen LogP contribution in [0.15, 0.2) is 54.6 Å². The Hall–Kier alpha value is -3.54. The topological polar surface area (TPSA) is 104 Å². The monoisotopic (exact) mass is 403 g/mol. The van der Waals surface area contributed by atoms with E-state index in [4.69, 9.17) is 4.74 Å². The van der Waals surface area contributed by atoms with Crippen LogP contribution in [0.25, 0.3) is 10.9 Å². The van der Waals surface area contributed by atoms with Gasteiger partial charge in [-0.2, -0.15) is 5.26 Å². The first-order valence-electron chi connectivity index (χ1n) is 9.75. The van der Waals surface area contributed by atoms with Crippen molar-refractivity contribution in [3.63, 3.8) is 0 Å². The Kier molecular flexibility index (Phi) is 5.84. The largest absolute Gasteiger partial charge is 0.379 e. The van der Waals surface area contributed by atoms with Crippen LogP contribution in [0.1, 0.15) is 17.2 Å². The Bertz CT molecular complexity index is 1090. The Balaban J connectivity index is 1.61. The quantitative estimate of drug-likeness (QED) is 0.496. The number of ether oxygens (including phenoxy) is 1. The summed E-state index contributed by atoms with van der Waals surface area (Å²) in [6.07, 6.45) is 0. The molecule has 1 unspecified atom stereocenters. The number of morpholine rings is 1. The fourth-order valence-corrected chi connectivity index (χ4v) is 3.73. The number of non-ortho nitro benzene ring substituents is 1. The third-order valence-corrected chi connectivity index (χ3v) is 5.27. The zero-order valence-electron chi connectivity index (χ0n) is 16.3. The SMILES string of the molecule is N#Cc1cc(NCC(c2ccccc2)N2CCOCC2)nc2ccc([N+](=O)[O-])cc12. The molecule has 0 saturated carbocycles. The van der Waals surface area contributed by atoms with Crippen molar-refractivity contribution < 1.29 is 9.66 Å². The minimum atomic E-state index is -0.473. The summed E-state index contributed by atoms with van der Waals surface area (Å²) in [7, 11) is 0. The first-order valence-corrected chi connectivity index (χ1v) is 9.75. The number of hydrogen-bond acceptors (Lipinski definition) is 7. The summed E-state index contributed by atoms with van der Waals surface area (Å²) in [4.78, 5) is 17.5. The molecule has 0 amide bonds. The van der Waals surface area contributed by atoms with Gasteiger partial charge in [-0.15, -0.1) is 0 Å². The number of nitro groups is 1. The van der Waals surface area contributed by atoms with Gasteiger partial charge in [-0.3, -0.25) is 15.0 Å². The van der Waals surface area contributed by atoms with Crippen molar-refractivity contribution in [1.29, 1.82) is 5.26 Å². The molecule has 2 aromatic carbocycles. The Morgan fingerprint density at radius 3 is 2.67 bits per heavy atom. The number of fused-ring (bicyclic) bond motifs is 1. The van der Waals surface area contributed by atoms with Crippen LogP contribution in [-0.2, 0) is 4.74 Å². The van der Waals surface area contributed by atoms with Gasteiger partial charge in [0.15, 0.2) is 0 Å². The summed E-state index contributed by atoms with van der Waals surface area (Å²) in [6, 6.07) is 18.5. The van der Waals surface area contributed by atoms with Crippen molar-refractivity contribution in [1.82, 2.24) is 9.88 Å². The van der Waals surface area contributed by atoms with E-state index in [0.29, 0.717) is 42.0 Å². The molecule has 1 N–H and O–H groups in total. The van der Waals surface area contributed by atoms with Crippen molar-refractivity contribution in [3.8, 4) is 6.07 Å². The van der Waals surface area contributed by atoms with Crippen LogP contribution in [0.5, 0.6) is 0 Å². The first kappa shape index (κ1) is 19.8. The molecule has 152 valence electrons. The standard InChI is InChI=1S/C22H21N5O3/c23-14-17-12-22(25-20-7-6-18(27(28)29)13-19(17)20)24-15-21(16-4-2-1-3-5-16)26-8-10-30-11-9-26/h1-7,12-13,21H,8-11,15H2,(H,24,25). The summed E-state index contributed by atoms with van der Waals surface area (Å²) in [5.74, 6) is 0.571. The van der Waals surface area contributed by atoms with Crippen molar-refractivity contribution >= 4 is 22.4 Å². The van der Waals surface area contributed by atoms with E-state index >= 15 is 0 Å². The third kappa shape index (κ3) is 4.22. The average Bonchev–Trinajstić information content (AvgIpc) is 2.79. The number of nitro benzene ring substituents is 1. The first-order chi connectivity index (χ1) is 14.7. The van der Waals surface area contributed by atoms with Crippen LogP contribution >= 0.6 is 0 Å². The highest BCUT2D eigenvalue weighted by Crippen LogP contribution is 2.26. The Morgan fingerprint density at radius 1 is 1.20 bits per heavy atom. The second-order valence-electron chi connectivity index (χ2n) is 7.08. The van der Waals surface area contributed by atoms with E-state index in [1.165, 1.54) is 17.7 Å². The van der Waals surface area contributed by atoms with Crippen LogP contribution in [0.2, 0.25) is 0 Å². The molecule has 1 aromatic heterocycles. The second kappa shape index (κ2) is 8.86. The smallest absolute Gasteiger partial charge is 0.270 e. The summed E-state index contributed by atoms with van der Waals surface area (Å²) in [6.45, 7) is 3.71. The van der Waals surface area contributed by atoms with Crippen LogP contribution in [0, 0.1) is 21.4 Å². The molecule has 1 saturated heterocycles. The number of anilines is 1. The van der Waals surface area contributed by atoms with E-state index in [0.717, 1.165) is 13.1 Å². The number of rotatable bonds is 6. The number of nitrogens with zero attached hydrogens (tertiary/aromatic N) is 4. The molecule has 8 nitrogen and oxygen atoms in total. The summed E-state index contributed by atoms with van der Waals surface area (Å²) in [5.41, 5.74) is 2.04. The van der Waals surface area contributed by atoms with E-state index < -0.39 is 4.92 Å². The van der Waals surface area contributed by atoms with Crippen molar-refractivity contribution in [3.05, 3.63) is 75.8 Å². The van der Waals surface area contributed by atoms with Gasteiger partial charge >= 0.3 is 0 Å². The summed E-state index contributed by atoms with van der Waals surface area (Å²) in [5, 5.41) is 24.4. The van der Waals surface area contributed by atoms with Gasteiger partial charge in [-0.25, -0.2) is 4.98 Å². The predicted molar refractivity (Wildman–Crippen MR) is 113 cm³/mol. The van der Waals surface area contributed by atoms with Gasteiger partial charge < -0.3 is 10.1 Å². The molecule has 1 fully saturated rings. The molecular formula is C22H21N5O3. The van der Waals surface area contributed by atoms with Gasteiger partial charge in [0.05, 0.1) is 41.3 Å². The number of nitrogens with one attached hydrogen (secondary N) is 1. The number of pyridine rings is 1. The molecule has 30 heavy (non-hydrogen) atoms. The molecule has 0 aliphatic carbocycles. The molecule has 1 aliphatic rings. The van der Waals surface area contributed by atoms with E-state index in [-0.39, 0.29) is 11.7 Å². The van der Waals surface area contributed by atoms with Gasteiger partial charge in [-0.1, -0.05) is 30.3 Å². The molecule has 8 heteroatoms. The Morgan fingerprint density at radius 2 is 1.97 bits per heavy atom. The van der Waals surface area contributed by atoms with Gasteiger partial charge in [0.25, 0.3) is 5.69 Å². The normalized spacial score (nSPS) is 15.4. The fraction of sp³-hybridized carbons (Fsp3) is 0.273. The molecule has 2 heterocycles. The lowest BCUT2D eigenvalue weighted by Gasteiger charge is -2.35. The van der Waals surface area contributed by atoms with E-state index in [1.54, 1.807) is 12.1 Å². The third-order valence-electron chi connectivity index (χ3n) is 5.27. The van der Waals surface area contributed by atoms with Gasteiger partial charge in [-0.05, 0) is 17.7 Å². The van der Waals surface area contributed by atoms with Crippen LogP contribution in [-0.4, -0.2) is 47.7 Å². The number of benzene rings is 2. The van der Waals surface area contributed by atoms with E-state index in [1.807, 2.05) is 18.2 Å². The maximum atomic E-state index is 11.1. The van der Waals surface area contributed by atoms with Crippen LogP contribution in [0.4, 0.5) is 11.5 Å². The molecule has 4 rings (SSSR count). The number of aromatic nitrogens is 1. The summed E-state index contributed by atoms with van der Waals surface area (Å²) >= 11 is 0. The maximum Gasteiger partial charge on any atom is 0.270 e. The predicted octanol–water partition coefficient (Wildman–Crippen LogP) is 3.50. The molecule has 3 aromatic rings. The average molecular weight is 403 g/mol. The van der Waals surface area contributed by atoms with Crippen molar-refractivity contribution in [2.45, 2.75) is 6.04 Å². The van der Waals surface area contributed by atoms with Crippen molar-refractivity contribution in [2.75, 3.05) is 38.2 Å². The second-order valence-corrected chi connectivity index (χ2v) is 7.08. The lowest BCUT2D eigenvalue weighted by Crippen LogP contribution is -2.41. The molecule has 0 spiro atoms. The van der Waals surface area contributed by atoms with Crippen LogP contribution < -0.4 is 5.32 Å². The molecule has 0 bridgehead atoms. The molecule has 0 radical (unpaired) electrons. The maximum absolute atomic E-state index is 11.1. The highest BCUT2D eigenvalue weighted by Gasteiger charge is 2.22. The van der Waals surface area contributed by atoms with Crippen molar-refractivity contribution in [2.24, 2.45) is 0 Å². The zero-order valence-corrected chi connectivity index (χ0v) is 16.3. The van der Waals surface area contributed by atoms with Gasteiger partial charge in [0.1, 0.15) is 5.82 Å².